The first-order chi connectivity index (χ1) is 14.1. The van der Waals surface area contributed by atoms with Gasteiger partial charge in [0.25, 0.3) is 0 Å². The minimum absolute atomic E-state index is 0.111. The number of para-hydroxylation sites is 1. The summed E-state index contributed by atoms with van der Waals surface area (Å²) in [5.74, 6) is 0.357. The van der Waals surface area contributed by atoms with Crippen LogP contribution < -0.4 is 0 Å². The second-order valence-corrected chi connectivity index (χ2v) is 7.88. The largest absolute Gasteiger partial charge is 0.467 e. The fourth-order valence-electron chi connectivity index (χ4n) is 3.61. The van der Waals surface area contributed by atoms with Crippen LogP contribution in [0.15, 0.2) is 53.6 Å². The van der Waals surface area contributed by atoms with E-state index in [-0.39, 0.29) is 17.6 Å². The number of amides is 1. The van der Waals surface area contributed by atoms with Crippen LogP contribution in [0.25, 0.3) is 10.9 Å². The lowest BCUT2D eigenvalue weighted by molar-refractivity contribution is -0.153. The topological polar surface area (TPSA) is 72.4 Å². The first kappa shape index (κ1) is 19.4. The van der Waals surface area contributed by atoms with Gasteiger partial charge in [0.05, 0.1) is 18.4 Å². The molecule has 148 valence electrons. The minimum Gasteiger partial charge on any atom is -0.467 e. The summed E-state index contributed by atoms with van der Waals surface area (Å²) in [6.45, 7) is 2.24. The molecule has 7 heteroatoms. The predicted molar refractivity (Wildman–Crippen MR) is 111 cm³/mol. The molecule has 3 aromatic rings. The Labute approximate surface area is 173 Å². The number of rotatable bonds is 4. The van der Waals surface area contributed by atoms with Gasteiger partial charge in [0.2, 0.25) is 5.91 Å². The summed E-state index contributed by atoms with van der Waals surface area (Å²) in [7, 11) is 1.36. The minimum atomic E-state index is -0.605. The van der Waals surface area contributed by atoms with Gasteiger partial charge < -0.3 is 9.64 Å². The number of carbonyl (C=O) groups excluding carboxylic acids is 2. The van der Waals surface area contributed by atoms with Crippen LogP contribution in [0.1, 0.15) is 17.0 Å². The lowest BCUT2D eigenvalue weighted by Gasteiger charge is -2.35. The van der Waals surface area contributed by atoms with Gasteiger partial charge in [0.15, 0.2) is 0 Å². The summed E-state index contributed by atoms with van der Waals surface area (Å²) in [5, 5.41) is 1.69. The average Bonchev–Trinajstić information content (AvgIpc) is 2.75. The number of benzene rings is 2. The highest BCUT2D eigenvalue weighted by Crippen LogP contribution is 2.28. The second kappa shape index (κ2) is 8.21. The molecule has 2 aromatic carbocycles. The van der Waals surface area contributed by atoms with Gasteiger partial charge in [-0.1, -0.05) is 54.2 Å². The van der Waals surface area contributed by atoms with Gasteiger partial charge in [0, 0.05) is 18.4 Å². The van der Waals surface area contributed by atoms with Crippen LogP contribution in [0.3, 0.4) is 0 Å². The highest BCUT2D eigenvalue weighted by molar-refractivity contribution is 8.00. The predicted octanol–water partition coefficient (Wildman–Crippen LogP) is 3.16. The van der Waals surface area contributed by atoms with Crippen molar-refractivity contribution in [3.63, 3.8) is 0 Å². The van der Waals surface area contributed by atoms with Crippen molar-refractivity contribution < 1.29 is 14.3 Å². The summed E-state index contributed by atoms with van der Waals surface area (Å²) in [4.78, 5) is 36.0. The number of aryl methyl sites for hydroxylation is 1. The third-order valence-corrected chi connectivity index (χ3v) is 6.03. The Hall–Kier alpha value is -2.93. The summed E-state index contributed by atoms with van der Waals surface area (Å²) in [5.41, 5.74) is 3.00. The Morgan fingerprint density at radius 3 is 2.62 bits per heavy atom. The van der Waals surface area contributed by atoms with E-state index in [2.05, 4.69) is 9.97 Å². The van der Waals surface area contributed by atoms with Crippen molar-refractivity contribution in [1.29, 1.82) is 0 Å². The lowest BCUT2D eigenvalue weighted by Crippen LogP contribution is -2.49. The highest BCUT2D eigenvalue weighted by Gasteiger charge is 2.35. The molecule has 1 aliphatic rings. The first-order valence-corrected chi connectivity index (χ1v) is 10.4. The van der Waals surface area contributed by atoms with Gasteiger partial charge in [0.1, 0.15) is 16.9 Å². The molecule has 4 rings (SSSR count). The Bertz CT molecular complexity index is 1090. The van der Waals surface area contributed by atoms with Crippen LogP contribution >= 0.6 is 11.8 Å². The maximum atomic E-state index is 13.1. The number of methoxy groups -OCH3 is 1. The summed E-state index contributed by atoms with van der Waals surface area (Å²) in [6.07, 6.45) is 0.467. The van der Waals surface area contributed by atoms with Crippen LogP contribution in [0.5, 0.6) is 0 Å². The van der Waals surface area contributed by atoms with E-state index in [1.807, 2.05) is 55.5 Å². The van der Waals surface area contributed by atoms with Crippen LogP contribution in [0.4, 0.5) is 0 Å². The van der Waals surface area contributed by atoms with E-state index in [0.29, 0.717) is 18.8 Å². The number of nitrogens with zero attached hydrogens (tertiary/aromatic N) is 3. The molecule has 1 amide bonds. The standard InChI is InChI=1S/C22H21N3O3S/c1-14-23-18-10-6-5-9-17(18)21(24-14)29-13-20(26)25-12-16-8-4-3-7-15(16)11-19(25)22(27)28-2/h3-10,19H,11-13H2,1-2H3/t19-/m0/s1. The molecule has 0 saturated heterocycles. The Morgan fingerprint density at radius 1 is 1.10 bits per heavy atom. The zero-order chi connectivity index (χ0) is 20.4. The number of aromatic nitrogens is 2. The maximum Gasteiger partial charge on any atom is 0.328 e. The number of hydrogen-bond donors (Lipinski definition) is 0. The fraction of sp³-hybridized carbons (Fsp3) is 0.273. The summed E-state index contributed by atoms with van der Waals surface area (Å²) >= 11 is 1.37. The lowest BCUT2D eigenvalue weighted by atomic mass is 9.94. The van der Waals surface area contributed by atoms with Crippen molar-refractivity contribution >= 4 is 34.5 Å². The number of hydrogen-bond acceptors (Lipinski definition) is 6. The van der Waals surface area contributed by atoms with Crippen molar-refractivity contribution in [3.8, 4) is 0 Å². The van der Waals surface area contributed by atoms with E-state index < -0.39 is 6.04 Å². The molecule has 2 heterocycles. The molecule has 0 unspecified atom stereocenters. The number of thioether (sulfide) groups is 1. The van der Waals surface area contributed by atoms with Crippen LogP contribution in [-0.4, -0.2) is 45.6 Å². The van der Waals surface area contributed by atoms with E-state index in [4.69, 9.17) is 4.74 Å². The molecule has 0 radical (unpaired) electrons. The van der Waals surface area contributed by atoms with Gasteiger partial charge in [-0.25, -0.2) is 14.8 Å². The third-order valence-electron chi connectivity index (χ3n) is 5.05. The van der Waals surface area contributed by atoms with Gasteiger partial charge >= 0.3 is 5.97 Å². The first-order valence-electron chi connectivity index (χ1n) is 9.37. The van der Waals surface area contributed by atoms with Crippen molar-refractivity contribution in [2.45, 2.75) is 31.0 Å². The van der Waals surface area contributed by atoms with Crippen molar-refractivity contribution in [2.75, 3.05) is 12.9 Å². The van der Waals surface area contributed by atoms with Gasteiger partial charge in [-0.2, -0.15) is 0 Å². The molecule has 0 bridgehead atoms. The Morgan fingerprint density at radius 2 is 1.83 bits per heavy atom. The van der Waals surface area contributed by atoms with Crippen molar-refractivity contribution in [3.05, 3.63) is 65.5 Å². The van der Waals surface area contributed by atoms with Crippen LogP contribution in [0.2, 0.25) is 0 Å². The Balaban J connectivity index is 1.57. The Kier molecular flexibility index (Phi) is 5.49. The molecule has 1 aromatic heterocycles. The van der Waals surface area contributed by atoms with E-state index in [0.717, 1.165) is 27.1 Å². The highest BCUT2D eigenvalue weighted by atomic mass is 32.2. The normalized spacial score (nSPS) is 15.8. The molecule has 0 spiro atoms. The summed E-state index contributed by atoms with van der Waals surface area (Å²) in [6, 6.07) is 15.0. The van der Waals surface area contributed by atoms with Gasteiger partial charge in [-0.3, -0.25) is 4.79 Å². The van der Waals surface area contributed by atoms with E-state index in [9.17, 15) is 9.59 Å². The molecular weight excluding hydrogens is 386 g/mol. The van der Waals surface area contributed by atoms with E-state index in [1.165, 1.54) is 18.9 Å². The molecule has 0 N–H and O–H groups in total. The average molecular weight is 407 g/mol. The monoisotopic (exact) mass is 407 g/mol. The van der Waals surface area contributed by atoms with E-state index >= 15 is 0 Å². The van der Waals surface area contributed by atoms with Crippen LogP contribution in [-0.2, 0) is 27.3 Å². The van der Waals surface area contributed by atoms with Gasteiger partial charge in [-0.15, -0.1) is 0 Å². The molecule has 0 saturated carbocycles. The zero-order valence-electron chi connectivity index (χ0n) is 16.3. The molecule has 1 atom stereocenters. The number of esters is 1. The smallest absolute Gasteiger partial charge is 0.328 e. The van der Waals surface area contributed by atoms with Crippen molar-refractivity contribution in [2.24, 2.45) is 0 Å². The molecule has 0 fully saturated rings. The molecule has 0 aliphatic carbocycles. The maximum absolute atomic E-state index is 13.1. The molecule has 6 nitrogen and oxygen atoms in total. The van der Waals surface area contributed by atoms with Gasteiger partial charge in [-0.05, 0) is 24.1 Å². The quantitative estimate of drug-likeness (QED) is 0.376. The van der Waals surface area contributed by atoms with E-state index in [1.54, 1.807) is 4.90 Å². The number of carbonyl (C=O) groups is 2. The molecule has 1 aliphatic heterocycles. The number of ether oxygens (including phenoxy) is 1. The molecule has 29 heavy (non-hydrogen) atoms. The van der Waals surface area contributed by atoms with Crippen LogP contribution in [0, 0.1) is 6.92 Å². The zero-order valence-corrected chi connectivity index (χ0v) is 17.1. The summed E-state index contributed by atoms with van der Waals surface area (Å²) < 4.78 is 4.96. The SMILES string of the molecule is COC(=O)[C@@H]1Cc2ccccc2CN1C(=O)CSc1nc(C)nc2ccccc12. The molecular formula is C22H21N3O3S. The second-order valence-electron chi connectivity index (χ2n) is 6.92. The van der Waals surface area contributed by atoms with Crippen molar-refractivity contribution in [1.82, 2.24) is 14.9 Å². The third kappa shape index (κ3) is 3.96. The fourth-order valence-corrected chi connectivity index (χ4v) is 4.56. The number of fused-ring (bicyclic) bond motifs is 2.